The lowest BCUT2D eigenvalue weighted by atomic mass is 9.96. The summed E-state index contributed by atoms with van der Waals surface area (Å²) < 4.78 is 0. The van der Waals surface area contributed by atoms with Crippen molar-refractivity contribution in [3.05, 3.63) is 29.3 Å². The predicted molar refractivity (Wildman–Crippen MR) is 59.5 cm³/mol. The maximum atomic E-state index is 11.4. The van der Waals surface area contributed by atoms with Crippen molar-refractivity contribution in [2.75, 3.05) is 6.54 Å². The number of Topliss-reactive ketones (excluding diaryl/α,β-unsaturated/α-hetero) is 1. The van der Waals surface area contributed by atoms with Crippen LogP contribution in [0.25, 0.3) is 0 Å². The zero-order valence-corrected chi connectivity index (χ0v) is 9.10. The standard InChI is InChI=1S/C12H15NO3/c1-7(14)10-3-2-9(15)5-11(10)12(16)4-8-6-13-8/h2-3,5,8,12-13,15-16H,4,6H2,1H3. The van der Waals surface area contributed by atoms with Crippen molar-refractivity contribution in [3.63, 3.8) is 0 Å². The number of carbonyl (C=O) groups excluding carboxylic acids is 1. The van der Waals surface area contributed by atoms with Gasteiger partial charge < -0.3 is 15.5 Å². The number of aromatic hydroxyl groups is 1. The Labute approximate surface area is 93.9 Å². The van der Waals surface area contributed by atoms with E-state index in [-0.39, 0.29) is 11.5 Å². The lowest BCUT2D eigenvalue weighted by Crippen LogP contribution is -2.08. The minimum atomic E-state index is -0.703. The molecule has 1 aromatic carbocycles. The van der Waals surface area contributed by atoms with E-state index in [9.17, 15) is 15.0 Å². The number of hydrogen-bond acceptors (Lipinski definition) is 4. The van der Waals surface area contributed by atoms with Crippen LogP contribution in [-0.4, -0.2) is 28.6 Å². The van der Waals surface area contributed by atoms with Gasteiger partial charge in [0.1, 0.15) is 5.75 Å². The molecule has 0 aromatic heterocycles. The molecule has 2 rings (SSSR count). The molecule has 86 valence electrons. The fourth-order valence-electron chi connectivity index (χ4n) is 1.79. The van der Waals surface area contributed by atoms with Crippen molar-refractivity contribution >= 4 is 5.78 Å². The Morgan fingerprint density at radius 1 is 1.62 bits per heavy atom. The van der Waals surface area contributed by atoms with Crippen molar-refractivity contribution < 1.29 is 15.0 Å². The van der Waals surface area contributed by atoms with Crippen molar-refractivity contribution in [2.45, 2.75) is 25.5 Å². The first kappa shape index (κ1) is 11.1. The molecule has 1 aromatic rings. The number of aliphatic hydroxyl groups is 1. The Hall–Kier alpha value is -1.39. The number of phenols is 1. The van der Waals surface area contributed by atoms with Gasteiger partial charge in [0.15, 0.2) is 5.78 Å². The second-order valence-corrected chi connectivity index (χ2v) is 4.18. The Kier molecular flexibility index (Phi) is 2.94. The number of carbonyl (C=O) groups is 1. The first-order valence-corrected chi connectivity index (χ1v) is 5.33. The van der Waals surface area contributed by atoms with Crippen molar-refractivity contribution in [2.24, 2.45) is 0 Å². The third-order valence-corrected chi connectivity index (χ3v) is 2.77. The van der Waals surface area contributed by atoms with E-state index in [0.717, 1.165) is 6.54 Å². The van der Waals surface area contributed by atoms with Crippen LogP contribution >= 0.6 is 0 Å². The number of ketones is 1. The predicted octanol–water partition coefficient (Wildman–Crippen LogP) is 0.990. The monoisotopic (exact) mass is 221 g/mol. The highest BCUT2D eigenvalue weighted by Crippen LogP contribution is 2.27. The van der Waals surface area contributed by atoms with Crippen LogP contribution in [0.4, 0.5) is 0 Å². The maximum Gasteiger partial charge on any atom is 0.160 e. The van der Waals surface area contributed by atoms with E-state index < -0.39 is 6.10 Å². The van der Waals surface area contributed by atoms with Gasteiger partial charge in [-0.1, -0.05) is 0 Å². The van der Waals surface area contributed by atoms with Crippen LogP contribution in [0.15, 0.2) is 18.2 Å². The number of rotatable bonds is 4. The fraction of sp³-hybridized carbons (Fsp3) is 0.417. The summed E-state index contributed by atoms with van der Waals surface area (Å²) in [5.74, 6) is -0.0272. The van der Waals surface area contributed by atoms with Gasteiger partial charge in [-0.3, -0.25) is 4.79 Å². The van der Waals surface area contributed by atoms with Gasteiger partial charge in [0.2, 0.25) is 0 Å². The first-order chi connectivity index (χ1) is 7.58. The summed E-state index contributed by atoms with van der Waals surface area (Å²) >= 11 is 0. The largest absolute Gasteiger partial charge is 0.508 e. The van der Waals surface area contributed by atoms with Gasteiger partial charge in [-0.25, -0.2) is 0 Å². The summed E-state index contributed by atoms with van der Waals surface area (Å²) in [6, 6.07) is 4.81. The molecule has 4 nitrogen and oxygen atoms in total. The molecule has 4 heteroatoms. The normalized spacial score (nSPS) is 20.5. The minimum Gasteiger partial charge on any atom is -0.508 e. The van der Waals surface area contributed by atoms with E-state index in [1.54, 1.807) is 6.07 Å². The third kappa shape index (κ3) is 2.40. The molecular formula is C12H15NO3. The number of nitrogens with one attached hydrogen (secondary N) is 1. The molecule has 1 fully saturated rings. The molecule has 16 heavy (non-hydrogen) atoms. The first-order valence-electron chi connectivity index (χ1n) is 5.33. The van der Waals surface area contributed by atoms with Crippen molar-refractivity contribution in [3.8, 4) is 5.75 Å². The second-order valence-electron chi connectivity index (χ2n) is 4.18. The van der Waals surface area contributed by atoms with Gasteiger partial charge in [-0.15, -0.1) is 0 Å². The molecule has 0 amide bonds. The van der Waals surface area contributed by atoms with Crippen molar-refractivity contribution in [1.82, 2.24) is 5.32 Å². The molecule has 1 aliphatic rings. The summed E-state index contributed by atoms with van der Waals surface area (Å²) in [7, 11) is 0. The molecule has 1 aliphatic heterocycles. The zero-order chi connectivity index (χ0) is 11.7. The Bertz CT molecular complexity index is 413. The van der Waals surface area contributed by atoms with Crippen LogP contribution < -0.4 is 5.32 Å². The summed E-state index contributed by atoms with van der Waals surface area (Å²) in [5, 5.41) is 22.5. The number of hydrogen-bond donors (Lipinski definition) is 3. The van der Waals surface area contributed by atoms with Gasteiger partial charge in [0, 0.05) is 18.2 Å². The molecule has 0 saturated carbocycles. The van der Waals surface area contributed by atoms with Gasteiger partial charge in [-0.05, 0) is 37.1 Å². The quantitative estimate of drug-likeness (QED) is 0.523. The van der Waals surface area contributed by atoms with Crippen molar-refractivity contribution in [1.29, 1.82) is 0 Å². The Morgan fingerprint density at radius 2 is 2.31 bits per heavy atom. The molecule has 2 unspecified atom stereocenters. The Balaban J connectivity index is 2.27. The number of phenolic OH excluding ortho intramolecular Hbond substituents is 1. The molecule has 3 N–H and O–H groups in total. The van der Waals surface area contributed by atoms with E-state index in [0.29, 0.717) is 23.6 Å². The number of aliphatic hydroxyl groups excluding tert-OH is 1. The summed E-state index contributed by atoms with van der Waals surface area (Å²) in [4.78, 5) is 11.4. The molecule has 1 heterocycles. The third-order valence-electron chi connectivity index (χ3n) is 2.77. The summed E-state index contributed by atoms with van der Waals surface area (Å²) in [6.45, 7) is 2.36. The van der Waals surface area contributed by atoms with E-state index in [2.05, 4.69) is 5.32 Å². The van der Waals surface area contributed by atoms with Crippen LogP contribution in [0.2, 0.25) is 0 Å². The maximum absolute atomic E-state index is 11.4. The van der Waals surface area contributed by atoms with Crippen LogP contribution in [0.1, 0.15) is 35.4 Å². The molecular weight excluding hydrogens is 206 g/mol. The highest BCUT2D eigenvalue weighted by Gasteiger charge is 2.26. The zero-order valence-electron chi connectivity index (χ0n) is 9.10. The van der Waals surface area contributed by atoms with Crippen LogP contribution in [-0.2, 0) is 0 Å². The molecule has 1 saturated heterocycles. The highest BCUT2D eigenvalue weighted by atomic mass is 16.3. The highest BCUT2D eigenvalue weighted by molar-refractivity contribution is 5.95. The van der Waals surface area contributed by atoms with Crippen LogP contribution in [0, 0.1) is 0 Å². The average Bonchev–Trinajstić information content (AvgIpc) is 3.01. The lowest BCUT2D eigenvalue weighted by molar-refractivity contribution is 0.100. The molecule has 0 radical (unpaired) electrons. The Morgan fingerprint density at radius 3 is 2.88 bits per heavy atom. The minimum absolute atomic E-state index is 0.0720. The second kappa shape index (κ2) is 4.23. The van der Waals surface area contributed by atoms with E-state index in [1.165, 1.54) is 19.1 Å². The van der Waals surface area contributed by atoms with E-state index in [4.69, 9.17) is 0 Å². The van der Waals surface area contributed by atoms with Crippen LogP contribution in [0.5, 0.6) is 5.75 Å². The SMILES string of the molecule is CC(=O)c1ccc(O)cc1C(O)CC1CN1. The van der Waals surface area contributed by atoms with Crippen LogP contribution in [0.3, 0.4) is 0 Å². The smallest absolute Gasteiger partial charge is 0.160 e. The van der Waals surface area contributed by atoms with E-state index >= 15 is 0 Å². The average molecular weight is 221 g/mol. The summed E-state index contributed by atoms with van der Waals surface area (Å²) in [6.07, 6.45) is -0.130. The topological polar surface area (TPSA) is 79.5 Å². The van der Waals surface area contributed by atoms with Gasteiger partial charge >= 0.3 is 0 Å². The lowest BCUT2D eigenvalue weighted by Gasteiger charge is -2.13. The van der Waals surface area contributed by atoms with Gasteiger partial charge in [0.25, 0.3) is 0 Å². The molecule has 0 spiro atoms. The van der Waals surface area contributed by atoms with E-state index in [1.807, 2.05) is 0 Å². The van der Waals surface area contributed by atoms with Gasteiger partial charge in [-0.2, -0.15) is 0 Å². The summed E-state index contributed by atoms with van der Waals surface area (Å²) in [5.41, 5.74) is 0.993. The van der Waals surface area contributed by atoms with Gasteiger partial charge in [0.05, 0.1) is 6.10 Å². The molecule has 0 bridgehead atoms. The fourth-order valence-corrected chi connectivity index (χ4v) is 1.79. The molecule has 2 atom stereocenters. The number of benzene rings is 1. The molecule has 0 aliphatic carbocycles.